The Balaban J connectivity index is 2.82. The molecular formula is C10H14N2O3. The van der Waals surface area contributed by atoms with Gasteiger partial charge in [-0.2, -0.15) is 0 Å². The van der Waals surface area contributed by atoms with Crippen molar-refractivity contribution in [2.45, 2.75) is 12.1 Å². The van der Waals surface area contributed by atoms with Crippen LogP contribution in [0.2, 0.25) is 0 Å². The summed E-state index contributed by atoms with van der Waals surface area (Å²) in [5.41, 5.74) is 11.8. The number of ether oxygens (including phenoxy) is 1. The predicted molar refractivity (Wildman–Crippen MR) is 55.5 cm³/mol. The molecule has 5 N–H and O–H groups in total. The second kappa shape index (κ2) is 4.77. The van der Waals surface area contributed by atoms with Crippen molar-refractivity contribution < 1.29 is 14.6 Å². The maximum Gasteiger partial charge on any atom is 0.322 e. The van der Waals surface area contributed by atoms with E-state index in [0.29, 0.717) is 11.3 Å². The Labute approximate surface area is 87.6 Å². The van der Waals surface area contributed by atoms with Gasteiger partial charge in [0.25, 0.3) is 0 Å². The van der Waals surface area contributed by atoms with Crippen LogP contribution in [-0.2, 0) is 4.79 Å². The maximum absolute atomic E-state index is 10.6. The highest BCUT2D eigenvalue weighted by atomic mass is 16.5. The van der Waals surface area contributed by atoms with Gasteiger partial charge in [0.2, 0.25) is 0 Å². The lowest BCUT2D eigenvalue weighted by molar-refractivity contribution is -0.139. The molecule has 0 heterocycles. The van der Waals surface area contributed by atoms with Gasteiger partial charge in [-0.1, -0.05) is 12.1 Å². The molecule has 0 aliphatic rings. The molecule has 0 amide bonds. The first-order valence-electron chi connectivity index (χ1n) is 4.44. The summed E-state index contributed by atoms with van der Waals surface area (Å²) < 4.78 is 4.97. The van der Waals surface area contributed by atoms with Gasteiger partial charge >= 0.3 is 5.97 Å². The molecule has 15 heavy (non-hydrogen) atoms. The van der Waals surface area contributed by atoms with Gasteiger partial charge < -0.3 is 21.3 Å². The summed E-state index contributed by atoms with van der Waals surface area (Å²) in [6.45, 7) is 0. The molecule has 0 fully saturated rings. The van der Waals surface area contributed by atoms with Crippen molar-refractivity contribution in [2.24, 2.45) is 11.5 Å². The lowest BCUT2D eigenvalue weighted by atomic mass is 10.0. The van der Waals surface area contributed by atoms with Crippen molar-refractivity contribution in [1.82, 2.24) is 0 Å². The zero-order chi connectivity index (χ0) is 11.4. The van der Waals surface area contributed by atoms with Crippen LogP contribution in [0.5, 0.6) is 5.75 Å². The van der Waals surface area contributed by atoms with Gasteiger partial charge in [-0.25, -0.2) is 0 Å². The summed E-state index contributed by atoms with van der Waals surface area (Å²) >= 11 is 0. The van der Waals surface area contributed by atoms with E-state index in [1.54, 1.807) is 31.4 Å². The van der Waals surface area contributed by atoms with Crippen molar-refractivity contribution in [1.29, 1.82) is 0 Å². The van der Waals surface area contributed by atoms with E-state index in [4.69, 9.17) is 21.3 Å². The van der Waals surface area contributed by atoms with E-state index in [1.165, 1.54) is 0 Å². The Morgan fingerprint density at radius 3 is 2.27 bits per heavy atom. The van der Waals surface area contributed by atoms with Crippen molar-refractivity contribution in [3.63, 3.8) is 0 Å². The van der Waals surface area contributed by atoms with Gasteiger partial charge in [-0.05, 0) is 17.7 Å². The summed E-state index contributed by atoms with van der Waals surface area (Å²) in [6.07, 6.45) is 0. The summed E-state index contributed by atoms with van der Waals surface area (Å²) in [7, 11) is 1.55. The Morgan fingerprint density at radius 1 is 1.33 bits per heavy atom. The zero-order valence-electron chi connectivity index (χ0n) is 8.38. The van der Waals surface area contributed by atoms with Crippen LogP contribution in [0.15, 0.2) is 24.3 Å². The molecule has 1 aromatic carbocycles. The quantitative estimate of drug-likeness (QED) is 0.655. The van der Waals surface area contributed by atoms with E-state index in [9.17, 15) is 4.79 Å². The van der Waals surface area contributed by atoms with Crippen LogP contribution in [-0.4, -0.2) is 24.2 Å². The molecule has 0 unspecified atom stereocenters. The molecule has 1 aromatic rings. The minimum absolute atomic E-state index is 0.672. The molecule has 0 spiro atoms. The fraction of sp³-hybridized carbons (Fsp3) is 0.300. The molecule has 2 atom stereocenters. The lowest BCUT2D eigenvalue weighted by Crippen LogP contribution is -2.40. The summed E-state index contributed by atoms with van der Waals surface area (Å²) in [4.78, 5) is 10.6. The molecule has 82 valence electrons. The van der Waals surface area contributed by atoms with Gasteiger partial charge in [-0.15, -0.1) is 0 Å². The Kier molecular flexibility index (Phi) is 3.65. The standard InChI is InChI=1S/C10H14N2O3/c1-15-7-4-2-6(3-5-7)8(11)9(12)10(13)14/h2-5,8-9H,11-12H2,1H3,(H,13,14)/t8-,9+/m1/s1. The van der Waals surface area contributed by atoms with Gasteiger partial charge in [-0.3, -0.25) is 4.79 Å². The fourth-order valence-electron chi connectivity index (χ4n) is 1.19. The van der Waals surface area contributed by atoms with Crippen LogP contribution in [0.4, 0.5) is 0 Å². The number of hydrogen-bond acceptors (Lipinski definition) is 4. The molecule has 0 aliphatic carbocycles. The highest BCUT2D eigenvalue weighted by Gasteiger charge is 2.21. The highest BCUT2D eigenvalue weighted by Crippen LogP contribution is 2.17. The van der Waals surface area contributed by atoms with E-state index in [1.807, 2.05) is 0 Å². The molecule has 1 rings (SSSR count). The van der Waals surface area contributed by atoms with Crippen molar-refractivity contribution in [3.8, 4) is 5.75 Å². The van der Waals surface area contributed by atoms with E-state index in [2.05, 4.69) is 0 Å². The number of nitrogens with two attached hydrogens (primary N) is 2. The highest BCUT2D eigenvalue weighted by molar-refractivity contribution is 5.74. The van der Waals surface area contributed by atoms with E-state index < -0.39 is 18.1 Å². The predicted octanol–water partition coefficient (Wildman–Crippen LogP) is 0.107. The number of carbonyl (C=O) groups is 1. The van der Waals surface area contributed by atoms with Crippen molar-refractivity contribution >= 4 is 5.97 Å². The van der Waals surface area contributed by atoms with Gasteiger partial charge in [0.15, 0.2) is 0 Å². The molecule has 0 bridgehead atoms. The number of benzene rings is 1. The largest absolute Gasteiger partial charge is 0.497 e. The third kappa shape index (κ3) is 2.68. The molecule has 0 saturated heterocycles. The topological polar surface area (TPSA) is 98.6 Å². The van der Waals surface area contributed by atoms with Crippen molar-refractivity contribution in [2.75, 3.05) is 7.11 Å². The number of rotatable bonds is 4. The van der Waals surface area contributed by atoms with Crippen LogP contribution >= 0.6 is 0 Å². The number of methoxy groups -OCH3 is 1. The first-order valence-corrected chi connectivity index (χ1v) is 4.44. The lowest BCUT2D eigenvalue weighted by Gasteiger charge is -2.16. The Bertz CT molecular complexity index is 337. The summed E-state index contributed by atoms with van der Waals surface area (Å²) in [5, 5.41) is 8.68. The number of carboxylic acid groups (broad SMARTS) is 1. The molecule has 5 nitrogen and oxygen atoms in total. The van der Waals surface area contributed by atoms with Crippen LogP contribution in [0.25, 0.3) is 0 Å². The van der Waals surface area contributed by atoms with Crippen LogP contribution in [0, 0.1) is 0 Å². The minimum atomic E-state index is -1.11. The fourth-order valence-corrected chi connectivity index (χ4v) is 1.19. The minimum Gasteiger partial charge on any atom is -0.497 e. The average molecular weight is 210 g/mol. The number of hydrogen-bond donors (Lipinski definition) is 3. The zero-order valence-corrected chi connectivity index (χ0v) is 8.38. The molecule has 5 heteroatoms. The van der Waals surface area contributed by atoms with Gasteiger partial charge in [0, 0.05) is 0 Å². The molecule has 0 radical (unpaired) electrons. The SMILES string of the molecule is COc1ccc([C@@H](N)[C@H](N)C(=O)O)cc1. The molecule has 0 saturated carbocycles. The van der Waals surface area contributed by atoms with E-state index in [0.717, 1.165) is 0 Å². The third-order valence-corrected chi connectivity index (χ3v) is 2.17. The van der Waals surface area contributed by atoms with E-state index >= 15 is 0 Å². The van der Waals surface area contributed by atoms with Crippen LogP contribution in [0.3, 0.4) is 0 Å². The molecule has 0 aliphatic heterocycles. The monoisotopic (exact) mass is 210 g/mol. The molecular weight excluding hydrogens is 196 g/mol. The number of carboxylic acids is 1. The average Bonchev–Trinajstić information content (AvgIpc) is 2.27. The second-order valence-electron chi connectivity index (χ2n) is 3.16. The second-order valence-corrected chi connectivity index (χ2v) is 3.16. The maximum atomic E-state index is 10.6. The summed E-state index contributed by atoms with van der Waals surface area (Å²) in [5.74, 6) is -0.423. The van der Waals surface area contributed by atoms with Crippen molar-refractivity contribution in [3.05, 3.63) is 29.8 Å². The Hall–Kier alpha value is -1.59. The smallest absolute Gasteiger partial charge is 0.322 e. The Morgan fingerprint density at radius 2 is 1.87 bits per heavy atom. The van der Waals surface area contributed by atoms with Crippen LogP contribution in [0.1, 0.15) is 11.6 Å². The summed E-state index contributed by atoms with van der Waals surface area (Å²) in [6, 6.07) is 5.01. The normalized spacial score (nSPS) is 14.3. The molecule has 0 aromatic heterocycles. The van der Waals surface area contributed by atoms with E-state index in [-0.39, 0.29) is 0 Å². The van der Waals surface area contributed by atoms with Crippen LogP contribution < -0.4 is 16.2 Å². The van der Waals surface area contributed by atoms with Gasteiger partial charge in [0.1, 0.15) is 11.8 Å². The third-order valence-electron chi connectivity index (χ3n) is 2.17. The van der Waals surface area contributed by atoms with Gasteiger partial charge in [0.05, 0.1) is 13.2 Å². The number of aliphatic carboxylic acids is 1. The first-order chi connectivity index (χ1) is 7.06. The first kappa shape index (κ1) is 11.5.